The summed E-state index contributed by atoms with van der Waals surface area (Å²) in [5.41, 5.74) is 3.16. The van der Waals surface area contributed by atoms with Gasteiger partial charge in [0.25, 0.3) is 0 Å². The standard InChI is InChI=1S/C20H27N3O4S/c1-14-6-9-18(27-5)16(10-14)12-23(4)13-20(24)22-17-8-7-15(2)19(11-17)28(25,26)21-3/h6-11,21H,12-13H2,1-5H3,(H,22,24). The van der Waals surface area contributed by atoms with Gasteiger partial charge in [-0.05, 0) is 51.7 Å². The molecule has 0 saturated heterocycles. The number of benzene rings is 2. The number of methoxy groups -OCH3 is 1. The maximum Gasteiger partial charge on any atom is 0.240 e. The molecule has 8 heteroatoms. The van der Waals surface area contributed by atoms with E-state index >= 15 is 0 Å². The lowest BCUT2D eigenvalue weighted by Crippen LogP contribution is -2.30. The van der Waals surface area contributed by atoms with Crippen molar-refractivity contribution in [2.24, 2.45) is 0 Å². The molecule has 2 N–H and O–H groups in total. The molecule has 2 aromatic rings. The first kappa shape index (κ1) is 21.9. The lowest BCUT2D eigenvalue weighted by atomic mass is 10.1. The first-order valence-corrected chi connectivity index (χ1v) is 10.3. The number of sulfonamides is 1. The number of aryl methyl sites for hydroxylation is 2. The summed E-state index contributed by atoms with van der Waals surface area (Å²) in [6, 6.07) is 10.7. The van der Waals surface area contributed by atoms with Gasteiger partial charge in [-0.1, -0.05) is 23.8 Å². The highest BCUT2D eigenvalue weighted by atomic mass is 32.2. The van der Waals surface area contributed by atoms with Gasteiger partial charge in [0.05, 0.1) is 18.6 Å². The largest absolute Gasteiger partial charge is 0.496 e. The molecule has 0 aromatic heterocycles. The number of ether oxygens (including phenoxy) is 1. The minimum atomic E-state index is -3.59. The Hall–Kier alpha value is -2.42. The van der Waals surface area contributed by atoms with Crippen molar-refractivity contribution < 1.29 is 17.9 Å². The zero-order valence-corrected chi connectivity index (χ0v) is 17.7. The minimum absolute atomic E-state index is 0.144. The lowest BCUT2D eigenvalue weighted by molar-refractivity contribution is -0.117. The SMILES string of the molecule is CNS(=O)(=O)c1cc(NC(=O)CN(C)Cc2cc(C)ccc2OC)ccc1C. The molecule has 0 bridgehead atoms. The lowest BCUT2D eigenvalue weighted by Gasteiger charge is -2.19. The molecular formula is C20H27N3O4S. The molecule has 0 fully saturated rings. The van der Waals surface area contributed by atoms with Gasteiger partial charge in [0.1, 0.15) is 5.75 Å². The predicted octanol–water partition coefficient (Wildman–Crippen LogP) is 2.29. The molecule has 0 aliphatic carbocycles. The van der Waals surface area contributed by atoms with Crippen molar-refractivity contribution in [3.05, 3.63) is 53.1 Å². The molecule has 0 atom stereocenters. The van der Waals surface area contributed by atoms with Gasteiger partial charge in [-0.15, -0.1) is 0 Å². The van der Waals surface area contributed by atoms with E-state index in [1.165, 1.54) is 13.1 Å². The second kappa shape index (κ2) is 9.18. The van der Waals surface area contributed by atoms with Gasteiger partial charge in [0.2, 0.25) is 15.9 Å². The fraction of sp³-hybridized carbons (Fsp3) is 0.350. The van der Waals surface area contributed by atoms with Crippen LogP contribution in [0.3, 0.4) is 0 Å². The number of hydrogen-bond acceptors (Lipinski definition) is 5. The van der Waals surface area contributed by atoms with Crippen molar-refractivity contribution in [2.45, 2.75) is 25.3 Å². The number of carbonyl (C=O) groups is 1. The Morgan fingerprint density at radius 1 is 1.14 bits per heavy atom. The summed E-state index contributed by atoms with van der Waals surface area (Å²) in [4.78, 5) is 14.4. The molecule has 0 radical (unpaired) electrons. The van der Waals surface area contributed by atoms with Crippen LogP contribution in [0.5, 0.6) is 5.75 Å². The van der Waals surface area contributed by atoms with Crippen LogP contribution in [0, 0.1) is 13.8 Å². The zero-order chi connectivity index (χ0) is 20.9. The second-order valence-electron chi connectivity index (χ2n) is 6.72. The van der Waals surface area contributed by atoms with E-state index in [4.69, 9.17) is 4.74 Å². The van der Waals surface area contributed by atoms with Crippen LogP contribution in [-0.2, 0) is 21.4 Å². The maximum absolute atomic E-state index is 12.4. The Labute approximate surface area is 166 Å². The molecule has 2 aromatic carbocycles. The van der Waals surface area contributed by atoms with Crippen LogP contribution in [0.4, 0.5) is 5.69 Å². The molecule has 0 saturated carbocycles. The van der Waals surface area contributed by atoms with Gasteiger partial charge in [-0.2, -0.15) is 0 Å². The zero-order valence-electron chi connectivity index (χ0n) is 16.9. The third kappa shape index (κ3) is 5.54. The number of amides is 1. The van der Waals surface area contributed by atoms with Crippen LogP contribution in [-0.4, -0.2) is 47.0 Å². The summed E-state index contributed by atoms with van der Waals surface area (Å²) >= 11 is 0. The normalized spacial score (nSPS) is 11.5. The molecule has 0 unspecified atom stereocenters. The van der Waals surface area contributed by atoms with Gasteiger partial charge < -0.3 is 10.1 Å². The summed E-state index contributed by atoms with van der Waals surface area (Å²) in [5, 5.41) is 2.76. The summed E-state index contributed by atoms with van der Waals surface area (Å²) in [7, 11) is 1.23. The predicted molar refractivity (Wildman–Crippen MR) is 110 cm³/mol. The number of anilines is 1. The molecular weight excluding hydrogens is 378 g/mol. The Morgan fingerprint density at radius 2 is 1.86 bits per heavy atom. The first-order valence-electron chi connectivity index (χ1n) is 8.82. The quantitative estimate of drug-likeness (QED) is 0.704. The van der Waals surface area contributed by atoms with E-state index < -0.39 is 10.0 Å². The van der Waals surface area contributed by atoms with E-state index in [1.807, 2.05) is 37.1 Å². The van der Waals surface area contributed by atoms with E-state index in [-0.39, 0.29) is 17.3 Å². The molecule has 0 heterocycles. The van der Waals surface area contributed by atoms with Crippen LogP contribution in [0.15, 0.2) is 41.3 Å². The molecule has 152 valence electrons. The molecule has 0 aliphatic heterocycles. The Kier molecular flexibility index (Phi) is 7.17. The van der Waals surface area contributed by atoms with Gasteiger partial charge >= 0.3 is 0 Å². The highest BCUT2D eigenvalue weighted by Crippen LogP contribution is 2.22. The third-order valence-electron chi connectivity index (χ3n) is 4.32. The summed E-state index contributed by atoms with van der Waals surface area (Å²) in [5.74, 6) is 0.545. The molecule has 0 spiro atoms. The van der Waals surface area contributed by atoms with Crippen LogP contribution in [0.25, 0.3) is 0 Å². The van der Waals surface area contributed by atoms with Crippen LogP contribution in [0.2, 0.25) is 0 Å². The summed E-state index contributed by atoms with van der Waals surface area (Å²) in [6.07, 6.45) is 0. The van der Waals surface area contributed by atoms with Gasteiger partial charge in [-0.25, -0.2) is 13.1 Å². The van der Waals surface area contributed by atoms with Gasteiger partial charge in [-0.3, -0.25) is 9.69 Å². The molecule has 28 heavy (non-hydrogen) atoms. The number of carbonyl (C=O) groups excluding carboxylic acids is 1. The average Bonchev–Trinajstić information content (AvgIpc) is 2.63. The molecule has 2 rings (SSSR count). The molecule has 0 aliphatic rings. The molecule has 1 amide bonds. The summed E-state index contributed by atoms with van der Waals surface area (Å²) in [6.45, 7) is 4.41. The van der Waals surface area contributed by atoms with Crippen LogP contribution >= 0.6 is 0 Å². The maximum atomic E-state index is 12.4. The van der Waals surface area contributed by atoms with Crippen LogP contribution < -0.4 is 14.8 Å². The van der Waals surface area contributed by atoms with Crippen LogP contribution in [0.1, 0.15) is 16.7 Å². The van der Waals surface area contributed by atoms with E-state index in [2.05, 4.69) is 10.0 Å². The topological polar surface area (TPSA) is 87.7 Å². The number of nitrogens with one attached hydrogen (secondary N) is 2. The fourth-order valence-corrected chi connectivity index (χ4v) is 3.89. The third-order valence-corrected chi connectivity index (χ3v) is 5.88. The minimum Gasteiger partial charge on any atom is -0.496 e. The monoisotopic (exact) mass is 405 g/mol. The average molecular weight is 406 g/mol. The first-order chi connectivity index (χ1) is 13.2. The van der Waals surface area contributed by atoms with E-state index in [9.17, 15) is 13.2 Å². The number of nitrogens with zero attached hydrogens (tertiary/aromatic N) is 1. The number of hydrogen-bond donors (Lipinski definition) is 2. The van der Waals surface area contributed by atoms with Crippen molar-refractivity contribution in [3.63, 3.8) is 0 Å². The highest BCUT2D eigenvalue weighted by Gasteiger charge is 2.16. The van der Waals surface area contributed by atoms with Crippen molar-refractivity contribution in [2.75, 3.05) is 33.1 Å². The van der Waals surface area contributed by atoms with E-state index in [0.717, 1.165) is 16.9 Å². The van der Waals surface area contributed by atoms with Crippen molar-refractivity contribution in [3.8, 4) is 5.75 Å². The van der Waals surface area contributed by atoms with Crippen molar-refractivity contribution in [1.82, 2.24) is 9.62 Å². The Balaban J connectivity index is 2.06. The number of likely N-dealkylation sites (N-methyl/N-ethyl adjacent to an activating group) is 1. The van der Waals surface area contributed by atoms with E-state index in [1.54, 1.807) is 26.2 Å². The van der Waals surface area contributed by atoms with Gasteiger partial charge in [0.15, 0.2) is 0 Å². The Morgan fingerprint density at radius 3 is 2.50 bits per heavy atom. The van der Waals surface area contributed by atoms with Crippen molar-refractivity contribution >= 4 is 21.6 Å². The molecule has 7 nitrogen and oxygen atoms in total. The highest BCUT2D eigenvalue weighted by molar-refractivity contribution is 7.89. The van der Waals surface area contributed by atoms with Crippen molar-refractivity contribution in [1.29, 1.82) is 0 Å². The second-order valence-corrected chi connectivity index (χ2v) is 8.58. The Bertz CT molecular complexity index is 958. The number of rotatable bonds is 8. The fourth-order valence-electron chi connectivity index (χ4n) is 2.90. The smallest absolute Gasteiger partial charge is 0.240 e. The van der Waals surface area contributed by atoms with E-state index in [0.29, 0.717) is 17.8 Å². The van der Waals surface area contributed by atoms with Gasteiger partial charge in [0, 0.05) is 17.8 Å². The summed E-state index contributed by atoms with van der Waals surface area (Å²) < 4.78 is 31.8.